The van der Waals surface area contributed by atoms with Gasteiger partial charge in [-0.3, -0.25) is 57.5 Å². The summed E-state index contributed by atoms with van der Waals surface area (Å²) < 4.78 is 54.0. The number of hydrogen-bond donors (Lipinski definition) is 2. The molecule has 29 heteroatoms. The molecule has 6 fully saturated rings. The van der Waals surface area contributed by atoms with Crippen LogP contribution in [0.5, 0.6) is 0 Å². The quantitative estimate of drug-likeness (QED) is 0.233. The molecule has 580 valence electrons. The molecule has 3 unspecified atom stereocenters. The van der Waals surface area contributed by atoms with Crippen LogP contribution in [0.25, 0.3) is 0 Å². The topological polar surface area (TPSA) is 280 Å². The van der Waals surface area contributed by atoms with Crippen molar-refractivity contribution >= 4 is 70.9 Å². The molecule has 26 nitrogen and oxygen atoms in total. The van der Waals surface area contributed by atoms with E-state index in [2.05, 4.69) is 10.6 Å². The van der Waals surface area contributed by atoms with Gasteiger partial charge in [0.2, 0.25) is 70.9 Å². The van der Waals surface area contributed by atoms with E-state index in [1.165, 1.54) is 110 Å². The van der Waals surface area contributed by atoms with Crippen molar-refractivity contribution in [1.29, 1.82) is 0 Å². The molecule has 0 aromatic rings. The van der Waals surface area contributed by atoms with E-state index in [-0.39, 0.29) is 108 Å². The molecular weight excluding hydrogens is 1340 g/mol. The molecule has 0 radical (unpaired) electrons. The number of likely N-dealkylation sites (N-methyl/N-ethyl adjacent to an activating group) is 8. The van der Waals surface area contributed by atoms with E-state index in [4.69, 9.17) is 9.47 Å². The molecule has 13 atom stereocenters. The van der Waals surface area contributed by atoms with Gasteiger partial charge in [0.05, 0.1) is 38.1 Å². The number of alkyl halides is 3. The van der Waals surface area contributed by atoms with E-state index in [0.29, 0.717) is 32.1 Å². The number of carbonyl (C=O) groups excluding carboxylic acids is 12. The van der Waals surface area contributed by atoms with Crippen molar-refractivity contribution in [3.05, 3.63) is 12.2 Å². The predicted molar refractivity (Wildman–Crippen MR) is 377 cm³/mol. The van der Waals surface area contributed by atoms with E-state index in [1.54, 1.807) is 19.9 Å². The van der Waals surface area contributed by atoms with Gasteiger partial charge >= 0.3 is 6.18 Å². The van der Waals surface area contributed by atoms with Gasteiger partial charge in [0, 0.05) is 90.2 Å². The van der Waals surface area contributed by atoms with Crippen LogP contribution in [-0.4, -0.2) is 296 Å². The molecule has 2 N–H and O–H groups in total. The Morgan fingerprint density at radius 2 is 1.32 bits per heavy atom. The number of nitrogens with zero attached hydrogens (tertiary/aromatic N) is 10. The molecule has 4 saturated carbocycles. The Morgan fingerprint density at radius 1 is 0.670 bits per heavy atom. The Bertz CT molecular complexity index is 3050. The number of ether oxygens (including phenoxy) is 2. The Labute approximate surface area is 607 Å². The van der Waals surface area contributed by atoms with Crippen molar-refractivity contribution in [3.8, 4) is 0 Å². The van der Waals surface area contributed by atoms with E-state index in [9.17, 15) is 41.9 Å². The lowest BCUT2D eigenvalue weighted by atomic mass is 9.73. The highest BCUT2D eigenvalue weighted by molar-refractivity contribution is 6.01. The minimum Gasteiger partial charge on any atom is -0.381 e. The van der Waals surface area contributed by atoms with Gasteiger partial charge in [-0.15, -0.1) is 0 Å². The molecule has 7 rings (SSSR count). The first kappa shape index (κ1) is 83.4. The van der Waals surface area contributed by atoms with E-state index in [1.807, 2.05) is 19.9 Å². The summed E-state index contributed by atoms with van der Waals surface area (Å²) >= 11 is 0. The largest absolute Gasteiger partial charge is 0.394 e. The summed E-state index contributed by atoms with van der Waals surface area (Å²) in [6, 6.07) is -10.1. The van der Waals surface area contributed by atoms with Crippen LogP contribution in [0.3, 0.4) is 0 Å². The third kappa shape index (κ3) is 19.8. The fourth-order valence-corrected chi connectivity index (χ4v) is 16.9. The van der Waals surface area contributed by atoms with Crippen molar-refractivity contribution in [2.45, 2.75) is 242 Å². The van der Waals surface area contributed by atoms with Crippen molar-refractivity contribution in [3.63, 3.8) is 0 Å². The number of carbonyl (C=O) groups is 12. The van der Waals surface area contributed by atoms with Crippen molar-refractivity contribution in [1.82, 2.24) is 59.6 Å². The molecular formula is C74H119F3N12O14. The Balaban J connectivity index is 1.31. The first-order valence-corrected chi connectivity index (χ1v) is 37.7. The molecule has 7 aliphatic rings. The van der Waals surface area contributed by atoms with Gasteiger partial charge in [0.25, 0.3) is 0 Å². The van der Waals surface area contributed by atoms with Crippen LogP contribution in [0.15, 0.2) is 12.2 Å². The van der Waals surface area contributed by atoms with Gasteiger partial charge in [-0.05, 0) is 126 Å². The van der Waals surface area contributed by atoms with Gasteiger partial charge in [-0.25, -0.2) is 0 Å². The average Bonchev–Trinajstić information content (AvgIpc) is 1.70. The highest BCUT2D eigenvalue weighted by Crippen LogP contribution is 2.45. The van der Waals surface area contributed by atoms with E-state index in [0.717, 1.165) is 54.7 Å². The Hall–Kier alpha value is -6.91. The van der Waals surface area contributed by atoms with Crippen LogP contribution in [0, 0.1) is 35.5 Å². The normalized spacial score (nSPS) is 30.8. The summed E-state index contributed by atoms with van der Waals surface area (Å²) in [6.07, 6.45) is 6.50. The van der Waals surface area contributed by atoms with Crippen LogP contribution < -0.4 is 10.6 Å². The van der Waals surface area contributed by atoms with Crippen molar-refractivity contribution < 1.29 is 80.2 Å². The number of nitrogens with one attached hydrogen (secondary N) is 2. The highest BCUT2D eigenvalue weighted by Gasteiger charge is 2.56. The average molecular weight is 1460 g/mol. The molecule has 2 bridgehead atoms. The van der Waals surface area contributed by atoms with Gasteiger partial charge in [0.15, 0.2) is 0 Å². The smallest absolute Gasteiger partial charge is 0.381 e. The summed E-state index contributed by atoms with van der Waals surface area (Å²) in [6.45, 7) is 5.90. The van der Waals surface area contributed by atoms with Crippen LogP contribution >= 0.6 is 0 Å². The second-order valence-electron chi connectivity index (χ2n) is 31.0. The lowest BCUT2D eigenvalue weighted by Gasteiger charge is -2.51. The maximum atomic E-state index is 15.7. The molecule has 0 aromatic carbocycles. The van der Waals surface area contributed by atoms with Gasteiger partial charge in [-0.1, -0.05) is 84.3 Å². The highest BCUT2D eigenvalue weighted by atomic mass is 19.4. The van der Waals surface area contributed by atoms with Crippen LogP contribution in [-0.2, 0) is 67.0 Å². The number of methoxy groups -OCH3 is 1. The standard InChI is InChI=1S/C74H119F3N12O14/c1-15-47(4)62-70(99)82(8)44-61(92)83(9)53-30-21-18-24-37-88(69(53)98)56(39-48-26-19-17-20-27-48)67(96)81(7)43-59(90)78-52(34-32-49-31-33-51(74(75,76)77)58(40-49)102-14)65(94)89-42-46(3)38-55(89)68(97)87(13)73(35-25-36-73)72(101)86(12)63(50-28-22-23-29-50)71(100)85(11)54(66(95)80(5)6)41-60(91)84(10)57(45-103-16-2)64(93)79-62/h18,21,46-58,62-63H,15-17,19-20,22-45H2,1-14H3,(H,78,90)(H,79,93)/b21-18-/t46-,47-,49?,51?,52-,53-,54-,55-,56-,57-,58?,62-,63-/m0/s1. The molecule has 1 spiro atoms. The molecule has 0 aromatic heterocycles. The van der Waals surface area contributed by atoms with Gasteiger partial charge in [-0.2, -0.15) is 13.2 Å². The monoisotopic (exact) mass is 1460 g/mol. The predicted octanol–water partition coefficient (Wildman–Crippen LogP) is 4.86. The second kappa shape index (κ2) is 36.9. The van der Waals surface area contributed by atoms with E-state index >= 15 is 28.8 Å². The van der Waals surface area contributed by atoms with Crippen LogP contribution in [0.2, 0.25) is 0 Å². The Morgan fingerprint density at radius 3 is 1.92 bits per heavy atom. The summed E-state index contributed by atoms with van der Waals surface area (Å²) in [5.41, 5.74) is -1.50. The number of amides is 12. The van der Waals surface area contributed by atoms with E-state index < -0.39 is 174 Å². The summed E-state index contributed by atoms with van der Waals surface area (Å²) in [7, 11) is 14.2. The SMILES string of the molecule is CCOC[C@H]1C(=O)N[C@@H]([C@@H](C)CC)C(=O)N(C)CC(=O)N(C)[C@H]2C/C=C\CCN(C2=O)[C@@H](CC2CCCCC2)C(=O)N(C)CC(=O)N[C@@H](CCC2CCC(C(F)(F)F)C(OC)C2)C(=O)N2C[C@@H](C)C[C@H]2C(=O)N(C)C2(CCC2)C(=O)N(C)[C@@H](C2CCCC2)C(=O)N(C)[C@H](C(=O)N(C)C)CC(=O)N1C. The number of fused-ring (bicyclic) bond motifs is 3. The first-order chi connectivity index (χ1) is 48.6. The lowest BCUT2D eigenvalue weighted by molar-refractivity contribution is -0.215. The fourth-order valence-electron chi connectivity index (χ4n) is 16.9. The summed E-state index contributed by atoms with van der Waals surface area (Å²) in [5.74, 6) is -11.0. The molecule has 2 saturated heterocycles. The minimum atomic E-state index is -4.51. The second-order valence-corrected chi connectivity index (χ2v) is 31.0. The minimum absolute atomic E-state index is 0.0177. The zero-order chi connectivity index (χ0) is 76.1. The molecule has 103 heavy (non-hydrogen) atoms. The summed E-state index contributed by atoms with van der Waals surface area (Å²) in [5, 5.41) is 5.74. The molecule has 4 aliphatic carbocycles. The van der Waals surface area contributed by atoms with Crippen LogP contribution in [0.1, 0.15) is 175 Å². The maximum Gasteiger partial charge on any atom is 0.394 e. The number of halogens is 3. The van der Waals surface area contributed by atoms with Crippen molar-refractivity contribution in [2.75, 3.05) is 110 Å². The first-order valence-electron chi connectivity index (χ1n) is 37.7. The fraction of sp³-hybridized carbons (Fsp3) is 0.811. The molecule has 3 heterocycles. The molecule has 12 amide bonds. The lowest BCUT2D eigenvalue weighted by Crippen LogP contribution is -2.68. The third-order valence-electron chi connectivity index (χ3n) is 23.9. The zero-order valence-electron chi connectivity index (χ0n) is 63.6. The summed E-state index contributed by atoms with van der Waals surface area (Å²) in [4.78, 5) is 194. The maximum absolute atomic E-state index is 15.7. The zero-order valence-corrected chi connectivity index (χ0v) is 63.6. The van der Waals surface area contributed by atoms with Crippen molar-refractivity contribution in [2.24, 2.45) is 35.5 Å². The van der Waals surface area contributed by atoms with Gasteiger partial charge in [0.1, 0.15) is 53.9 Å². The number of rotatable bonds is 13. The Kier molecular flexibility index (Phi) is 29.8. The number of hydrogen-bond acceptors (Lipinski definition) is 14. The van der Waals surface area contributed by atoms with Gasteiger partial charge < -0.3 is 69.1 Å². The third-order valence-corrected chi connectivity index (χ3v) is 23.9. The van der Waals surface area contributed by atoms with Crippen LogP contribution in [0.4, 0.5) is 13.2 Å². The molecule has 3 aliphatic heterocycles.